The highest BCUT2D eigenvalue weighted by Gasteiger charge is 2.54. The predicted octanol–water partition coefficient (Wildman–Crippen LogP) is 4.06. The van der Waals surface area contributed by atoms with E-state index in [0.717, 1.165) is 5.56 Å². The van der Waals surface area contributed by atoms with Crippen LogP contribution in [0.1, 0.15) is 41.4 Å². The van der Waals surface area contributed by atoms with E-state index in [1.54, 1.807) is 54.7 Å². The lowest BCUT2D eigenvalue weighted by Crippen LogP contribution is -2.40. The Morgan fingerprint density at radius 3 is 2.28 bits per heavy atom. The quantitative estimate of drug-likeness (QED) is 0.526. The molecule has 0 bridgehead atoms. The molecule has 32 heavy (non-hydrogen) atoms. The summed E-state index contributed by atoms with van der Waals surface area (Å²) in [5, 5.41) is 9.21. The van der Waals surface area contributed by atoms with Gasteiger partial charge in [0.05, 0.1) is 34.8 Å². The summed E-state index contributed by atoms with van der Waals surface area (Å²) in [6.07, 6.45) is 2.92. The normalized spacial score (nSPS) is 14.8. The van der Waals surface area contributed by atoms with E-state index < -0.39 is 21.5 Å². The van der Waals surface area contributed by atoms with Crippen molar-refractivity contribution in [2.24, 2.45) is 0 Å². The first-order valence-corrected chi connectivity index (χ1v) is 11.8. The molecule has 1 saturated carbocycles. The fraction of sp³-hybridized carbons (Fsp3) is 0.250. The number of aromatic nitrogens is 1. The Morgan fingerprint density at radius 1 is 1.06 bits per heavy atom. The van der Waals surface area contributed by atoms with Gasteiger partial charge in [0.1, 0.15) is 5.75 Å². The Labute approximate surface area is 187 Å². The standard InChI is InChI=1S/C24H24N2O5S/c1-2-31-21-10-12-22(13-11-21)32(29,30)26(17-20-5-3-4-16-25-20)24(14-15-24)19-8-6-18(7-9-19)23(27)28/h3-13,16H,2,14-15,17H2,1H3,(H,27,28). The van der Waals surface area contributed by atoms with Gasteiger partial charge in [-0.3, -0.25) is 4.98 Å². The minimum atomic E-state index is -3.88. The van der Waals surface area contributed by atoms with Gasteiger partial charge >= 0.3 is 5.97 Å². The van der Waals surface area contributed by atoms with Crippen molar-refractivity contribution in [3.63, 3.8) is 0 Å². The highest BCUT2D eigenvalue weighted by atomic mass is 32.2. The average molecular weight is 453 g/mol. The van der Waals surface area contributed by atoms with Crippen molar-refractivity contribution < 1.29 is 23.1 Å². The minimum Gasteiger partial charge on any atom is -0.494 e. The zero-order valence-electron chi connectivity index (χ0n) is 17.6. The third-order valence-corrected chi connectivity index (χ3v) is 7.55. The van der Waals surface area contributed by atoms with E-state index in [9.17, 15) is 18.3 Å². The highest BCUT2D eigenvalue weighted by molar-refractivity contribution is 7.89. The third-order valence-electron chi connectivity index (χ3n) is 5.62. The number of pyridine rings is 1. The van der Waals surface area contributed by atoms with Crippen LogP contribution in [-0.4, -0.2) is 35.4 Å². The molecule has 0 amide bonds. The molecule has 1 N–H and O–H groups in total. The van der Waals surface area contributed by atoms with Gasteiger partial charge in [-0.2, -0.15) is 4.31 Å². The van der Waals surface area contributed by atoms with Crippen LogP contribution in [0.15, 0.2) is 77.8 Å². The van der Waals surface area contributed by atoms with Crippen molar-refractivity contribution in [1.29, 1.82) is 0 Å². The molecule has 4 rings (SSSR count). The molecule has 2 aromatic carbocycles. The zero-order valence-corrected chi connectivity index (χ0v) is 18.5. The zero-order chi connectivity index (χ0) is 22.8. The van der Waals surface area contributed by atoms with Crippen molar-refractivity contribution in [3.8, 4) is 5.75 Å². The molecule has 166 valence electrons. The maximum absolute atomic E-state index is 13.8. The van der Waals surface area contributed by atoms with Gasteiger partial charge in [-0.25, -0.2) is 13.2 Å². The molecule has 7 nitrogen and oxygen atoms in total. The van der Waals surface area contributed by atoms with Gasteiger partial charge in [0.2, 0.25) is 10.0 Å². The fourth-order valence-corrected chi connectivity index (χ4v) is 5.62. The summed E-state index contributed by atoms with van der Waals surface area (Å²) in [5.41, 5.74) is 0.824. The average Bonchev–Trinajstić information content (AvgIpc) is 3.60. The summed E-state index contributed by atoms with van der Waals surface area (Å²) in [6, 6.07) is 18.2. The van der Waals surface area contributed by atoms with Gasteiger partial charge in [0.15, 0.2) is 0 Å². The Kier molecular flexibility index (Phi) is 5.99. The Balaban J connectivity index is 1.75. The smallest absolute Gasteiger partial charge is 0.335 e. The molecule has 1 fully saturated rings. The minimum absolute atomic E-state index is 0.108. The van der Waals surface area contributed by atoms with Gasteiger partial charge in [-0.15, -0.1) is 0 Å². The molecule has 1 aliphatic carbocycles. The van der Waals surface area contributed by atoms with Gasteiger partial charge in [-0.1, -0.05) is 18.2 Å². The van der Waals surface area contributed by atoms with Crippen molar-refractivity contribution in [3.05, 3.63) is 89.7 Å². The predicted molar refractivity (Wildman–Crippen MR) is 119 cm³/mol. The van der Waals surface area contributed by atoms with Crippen LogP contribution in [0.3, 0.4) is 0 Å². The van der Waals surface area contributed by atoms with Gasteiger partial charge in [0.25, 0.3) is 0 Å². The largest absolute Gasteiger partial charge is 0.494 e. The topological polar surface area (TPSA) is 96.8 Å². The van der Waals surface area contributed by atoms with E-state index in [-0.39, 0.29) is 17.0 Å². The number of aromatic carboxylic acids is 1. The van der Waals surface area contributed by atoms with Gasteiger partial charge in [0, 0.05) is 6.20 Å². The number of rotatable bonds is 9. The first kappa shape index (κ1) is 22.0. The number of carbonyl (C=O) groups is 1. The number of ether oxygens (including phenoxy) is 1. The lowest BCUT2D eigenvalue weighted by molar-refractivity contribution is 0.0696. The Hall–Kier alpha value is -3.23. The lowest BCUT2D eigenvalue weighted by Gasteiger charge is -2.31. The summed E-state index contributed by atoms with van der Waals surface area (Å²) in [7, 11) is -3.88. The van der Waals surface area contributed by atoms with Crippen molar-refractivity contribution in [1.82, 2.24) is 9.29 Å². The summed E-state index contributed by atoms with van der Waals surface area (Å²) in [6.45, 7) is 2.47. The van der Waals surface area contributed by atoms with Crippen molar-refractivity contribution >= 4 is 16.0 Å². The number of hydrogen-bond acceptors (Lipinski definition) is 5. The number of benzene rings is 2. The summed E-state index contributed by atoms with van der Waals surface area (Å²) in [4.78, 5) is 15.8. The number of hydrogen-bond donors (Lipinski definition) is 1. The lowest BCUT2D eigenvalue weighted by atomic mass is 10.0. The first-order chi connectivity index (χ1) is 15.4. The molecule has 3 aromatic rings. The molecule has 8 heteroatoms. The summed E-state index contributed by atoms with van der Waals surface area (Å²) < 4.78 is 34.5. The van der Waals surface area contributed by atoms with E-state index in [2.05, 4.69) is 4.98 Å². The molecule has 1 aromatic heterocycles. The van der Waals surface area contributed by atoms with E-state index in [4.69, 9.17) is 4.74 Å². The molecule has 1 heterocycles. The van der Waals surface area contributed by atoms with E-state index >= 15 is 0 Å². The van der Waals surface area contributed by atoms with Crippen LogP contribution in [0.5, 0.6) is 5.75 Å². The number of nitrogens with zero attached hydrogens (tertiary/aromatic N) is 2. The number of sulfonamides is 1. The molecule has 0 radical (unpaired) electrons. The number of carboxylic acids is 1. The summed E-state index contributed by atoms with van der Waals surface area (Å²) in [5.74, 6) is -0.415. The second kappa shape index (κ2) is 8.72. The molecular formula is C24H24N2O5S. The van der Waals surface area contributed by atoms with E-state index in [1.807, 2.05) is 13.0 Å². The number of carboxylic acid groups (broad SMARTS) is 1. The monoisotopic (exact) mass is 452 g/mol. The van der Waals surface area contributed by atoms with Crippen LogP contribution < -0.4 is 4.74 Å². The van der Waals surface area contributed by atoms with Crippen molar-refractivity contribution in [2.45, 2.75) is 36.7 Å². The first-order valence-electron chi connectivity index (χ1n) is 10.4. The Morgan fingerprint density at radius 2 is 1.75 bits per heavy atom. The van der Waals surface area contributed by atoms with Crippen molar-refractivity contribution in [2.75, 3.05) is 6.61 Å². The van der Waals surface area contributed by atoms with Crippen LogP contribution in [-0.2, 0) is 22.1 Å². The molecule has 0 unspecified atom stereocenters. The van der Waals surface area contributed by atoms with Crippen LogP contribution in [0, 0.1) is 0 Å². The highest BCUT2D eigenvalue weighted by Crippen LogP contribution is 2.53. The van der Waals surface area contributed by atoms with Gasteiger partial charge in [-0.05, 0) is 73.9 Å². The van der Waals surface area contributed by atoms with Crippen LogP contribution in [0.2, 0.25) is 0 Å². The van der Waals surface area contributed by atoms with Crippen LogP contribution in [0.25, 0.3) is 0 Å². The molecule has 0 spiro atoms. The van der Waals surface area contributed by atoms with Crippen LogP contribution in [0.4, 0.5) is 0 Å². The molecule has 0 aliphatic heterocycles. The van der Waals surface area contributed by atoms with E-state index in [0.29, 0.717) is 30.9 Å². The third kappa shape index (κ3) is 4.24. The molecular weight excluding hydrogens is 428 g/mol. The molecule has 0 saturated heterocycles. The second-order valence-electron chi connectivity index (χ2n) is 7.65. The SMILES string of the molecule is CCOc1ccc(S(=O)(=O)N(Cc2ccccn2)C2(c3ccc(C(=O)O)cc3)CC2)cc1. The maximum Gasteiger partial charge on any atom is 0.335 e. The molecule has 1 aliphatic rings. The second-order valence-corrected chi connectivity index (χ2v) is 9.51. The Bertz CT molecular complexity index is 1190. The van der Waals surface area contributed by atoms with Crippen LogP contribution >= 0.6 is 0 Å². The summed E-state index contributed by atoms with van der Waals surface area (Å²) >= 11 is 0. The van der Waals surface area contributed by atoms with Gasteiger partial charge < -0.3 is 9.84 Å². The fourth-order valence-electron chi connectivity index (χ4n) is 3.83. The molecule has 0 atom stereocenters. The van der Waals surface area contributed by atoms with E-state index in [1.165, 1.54) is 16.4 Å². The maximum atomic E-state index is 13.8.